The normalized spacial score (nSPS) is 13.4. The summed E-state index contributed by atoms with van der Waals surface area (Å²) in [5.74, 6) is -0.0621. The zero-order valence-electron chi connectivity index (χ0n) is 14.1. The average Bonchev–Trinajstić information content (AvgIpc) is 2.45. The summed E-state index contributed by atoms with van der Waals surface area (Å²) >= 11 is 0. The number of carbonyl (C=O) groups is 1. The lowest BCUT2D eigenvalue weighted by Gasteiger charge is -2.23. The molecule has 2 atom stereocenters. The van der Waals surface area contributed by atoms with Crippen molar-refractivity contribution in [3.63, 3.8) is 0 Å². The molecule has 5 heteroatoms. The third-order valence-electron chi connectivity index (χ3n) is 3.85. The molecule has 0 saturated carbocycles. The molecule has 0 aliphatic carbocycles. The standard InChI is InChI=1S/C18H24N2O2.ClH/c1-12(11-20(3)4)13(2)22-18(21)17-10-15(19)9-14-7-5-6-8-16(14)17;/h5-10,12-13H,11,19H2,1-4H3;1H. The Morgan fingerprint density at radius 1 is 1.22 bits per heavy atom. The van der Waals surface area contributed by atoms with Crippen LogP contribution in [0.3, 0.4) is 0 Å². The molecule has 0 heterocycles. The minimum atomic E-state index is -0.318. The number of rotatable bonds is 5. The molecule has 0 saturated heterocycles. The minimum absolute atomic E-state index is 0. The van der Waals surface area contributed by atoms with Gasteiger partial charge in [0.25, 0.3) is 0 Å². The lowest BCUT2D eigenvalue weighted by atomic mass is 10.0. The van der Waals surface area contributed by atoms with Crippen molar-refractivity contribution < 1.29 is 9.53 Å². The molecule has 0 aromatic heterocycles. The van der Waals surface area contributed by atoms with Gasteiger partial charge in [0.1, 0.15) is 6.10 Å². The zero-order valence-corrected chi connectivity index (χ0v) is 14.9. The molecule has 2 rings (SSSR count). The lowest BCUT2D eigenvalue weighted by molar-refractivity contribution is 0.0189. The third-order valence-corrected chi connectivity index (χ3v) is 3.85. The fraction of sp³-hybridized carbons (Fsp3) is 0.389. The maximum Gasteiger partial charge on any atom is 0.339 e. The van der Waals surface area contributed by atoms with Crippen LogP contribution in [0, 0.1) is 5.92 Å². The molecule has 2 unspecified atom stereocenters. The molecule has 2 aromatic carbocycles. The Kier molecular flexibility index (Phi) is 6.85. The number of nitrogens with two attached hydrogens (primary N) is 1. The smallest absolute Gasteiger partial charge is 0.339 e. The van der Waals surface area contributed by atoms with E-state index in [1.165, 1.54) is 0 Å². The summed E-state index contributed by atoms with van der Waals surface area (Å²) in [6.45, 7) is 4.88. The Labute approximate surface area is 144 Å². The van der Waals surface area contributed by atoms with Crippen molar-refractivity contribution in [3.8, 4) is 0 Å². The van der Waals surface area contributed by atoms with E-state index in [1.807, 2.05) is 51.4 Å². The van der Waals surface area contributed by atoms with Gasteiger partial charge in [0.05, 0.1) is 5.56 Å². The summed E-state index contributed by atoms with van der Waals surface area (Å²) in [5.41, 5.74) is 7.00. The second kappa shape index (κ2) is 8.18. The predicted octanol–water partition coefficient (Wildman–Crippen LogP) is 3.59. The van der Waals surface area contributed by atoms with Gasteiger partial charge in [-0.1, -0.05) is 31.2 Å². The van der Waals surface area contributed by atoms with Gasteiger partial charge in [-0.25, -0.2) is 4.79 Å². The number of ether oxygens (including phenoxy) is 1. The van der Waals surface area contributed by atoms with Gasteiger partial charge in [-0.05, 0) is 43.9 Å². The second-order valence-corrected chi connectivity index (χ2v) is 6.14. The Balaban J connectivity index is 0.00000264. The zero-order chi connectivity index (χ0) is 16.3. The summed E-state index contributed by atoms with van der Waals surface area (Å²) in [5, 5.41) is 1.82. The molecule has 0 aliphatic heterocycles. The molecule has 0 spiro atoms. The molecule has 4 nitrogen and oxygen atoms in total. The Hall–Kier alpha value is -1.78. The van der Waals surface area contributed by atoms with E-state index >= 15 is 0 Å². The quantitative estimate of drug-likeness (QED) is 0.669. The molecule has 0 radical (unpaired) electrons. The Bertz CT molecular complexity index is 673. The van der Waals surface area contributed by atoms with Crippen molar-refractivity contribution >= 4 is 34.8 Å². The van der Waals surface area contributed by atoms with E-state index in [-0.39, 0.29) is 30.4 Å². The van der Waals surface area contributed by atoms with Gasteiger partial charge in [0.2, 0.25) is 0 Å². The van der Waals surface area contributed by atoms with Gasteiger partial charge < -0.3 is 15.4 Å². The fourth-order valence-electron chi connectivity index (χ4n) is 2.58. The maximum atomic E-state index is 12.5. The summed E-state index contributed by atoms with van der Waals surface area (Å²) in [7, 11) is 4.02. The highest BCUT2D eigenvalue weighted by molar-refractivity contribution is 6.06. The first-order chi connectivity index (χ1) is 10.4. The van der Waals surface area contributed by atoms with Crippen LogP contribution in [0.1, 0.15) is 24.2 Å². The predicted molar refractivity (Wildman–Crippen MR) is 98.2 cm³/mol. The van der Waals surface area contributed by atoms with Crippen LogP contribution in [0.5, 0.6) is 0 Å². The number of anilines is 1. The number of nitrogen functional groups attached to an aromatic ring is 1. The SMILES string of the molecule is CC(CN(C)C)C(C)OC(=O)c1cc(N)cc2ccccc12.Cl. The number of halogens is 1. The highest BCUT2D eigenvalue weighted by atomic mass is 35.5. The second-order valence-electron chi connectivity index (χ2n) is 6.14. The number of hydrogen-bond acceptors (Lipinski definition) is 4. The number of benzene rings is 2. The van der Waals surface area contributed by atoms with Crippen molar-refractivity contribution in [2.24, 2.45) is 5.92 Å². The van der Waals surface area contributed by atoms with E-state index in [9.17, 15) is 4.79 Å². The van der Waals surface area contributed by atoms with E-state index in [4.69, 9.17) is 10.5 Å². The van der Waals surface area contributed by atoms with Gasteiger partial charge in [-0.3, -0.25) is 0 Å². The van der Waals surface area contributed by atoms with Crippen molar-refractivity contribution in [2.75, 3.05) is 26.4 Å². The molecule has 2 aromatic rings. The van der Waals surface area contributed by atoms with Crippen LogP contribution in [-0.2, 0) is 4.74 Å². The molecular formula is C18H25ClN2O2. The van der Waals surface area contributed by atoms with E-state index in [1.54, 1.807) is 6.07 Å². The molecule has 0 amide bonds. The fourth-order valence-corrected chi connectivity index (χ4v) is 2.58. The molecule has 0 fully saturated rings. The summed E-state index contributed by atoms with van der Waals surface area (Å²) in [6, 6.07) is 11.3. The summed E-state index contributed by atoms with van der Waals surface area (Å²) < 4.78 is 5.64. The van der Waals surface area contributed by atoms with Crippen LogP contribution < -0.4 is 5.73 Å². The number of hydrogen-bond donors (Lipinski definition) is 1. The number of esters is 1. The van der Waals surface area contributed by atoms with Gasteiger partial charge >= 0.3 is 5.97 Å². The van der Waals surface area contributed by atoms with Crippen molar-refractivity contribution in [1.82, 2.24) is 4.90 Å². The van der Waals surface area contributed by atoms with Crippen LogP contribution in [-0.4, -0.2) is 37.6 Å². The molecular weight excluding hydrogens is 312 g/mol. The Morgan fingerprint density at radius 2 is 1.87 bits per heavy atom. The van der Waals surface area contributed by atoms with E-state index in [0.717, 1.165) is 17.3 Å². The van der Waals surface area contributed by atoms with Crippen LogP contribution in [0.4, 0.5) is 5.69 Å². The van der Waals surface area contributed by atoms with Crippen LogP contribution >= 0.6 is 12.4 Å². The monoisotopic (exact) mass is 336 g/mol. The first kappa shape index (κ1) is 19.3. The van der Waals surface area contributed by atoms with Crippen LogP contribution in [0.15, 0.2) is 36.4 Å². The average molecular weight is 337 g/mol. The third kappa shape index (κ3) is 4.85. The molecule has 0 bridgehead atoms. The lowest BCUT2D eigenvalue weighted by Crippen LogP contribution is -2.30. The van der Waals surface area contributed by atoms with E-state index in [2.05, 4.69) is 11.8 Å². The van der Waals surface area contributed by atoms with Crippen molar-refractivity contribution in [3.05, 3.63) is 42.0 Å². The summed E-state index contributed by atoms with van der Waals surface area (Å²) in [6.07, 6.45) is -0.157. The van der Waals surface area contributed by atoms with Gasteiger partial charge in [-0.2, -0.15) is 0 Å². The van der Waals surface area contributed by atoms with Gasteiger partial charge in [-0.15, -0.1) is 12.4 Å². The maximum absolute atomic E-state index is 12.5. The minimum Gasteiger partial charge on any atom is -0.459 e. The highest BCUT2D eigenvalue weighted by Gasteiger charge is 2.20. The number of carbonyl (C=O) groups excluding carboxylic acids is 1. The highest BCUT2D eigenvalue weighted by Crippen LogP contribution is 2.24. The molecule has 2 N–H and O–H groups in total. The first-order valence-electron chi connectivity index (χ1n) is 7.52. The topological polar surface area (TPSA) is 55.6 Å². The van der Waals surface area contributed by atoms with E-state index < -0.39 is 0 Å². The molecule has 0 aliphatic rings. The van der Waals surface area contributed by atoms with Gasteiger partial charge in [0, 0.05) is 18.2 Å². The van der Waals surface area contributed by atoms with Gasteiger partial charge in [0.15, 0.2) is 0 Å². The number of nitrogens with zero attached hydrogens (tertiary/aromatic N) is 1. The Morgan fingerprint density at radius 3 is 2.52 bits per heavy atom. The van der Waals surface area contributed by atoms with Crippen LogP contribution in [0.2, 0.25) is 0 Å². The van der Waals surface area contributed by atoms with E-state index in [0.29, 0.717) is 11.3 Å². The first-order valence-corrected chi connectivity index (χ1v) is 7.52. The van der Waals surface area contributed by atoms with Crippen molar-refractivity contribution in [2.45, 2.75) is 20.0 Å². The molecule has 126 valence electrons. The largest absolute Gasteiger partial charge is 0.459 e. The summed E-state index contributed by atoms with van der Waals surface area (Å²) in [4.78, 5) is 14.6. The van der Waals surface area contributed by atoms with Crippen molar-refractivity contribution in [1.29, 1.82) is 0 Å². The van der Waals surface area contributed by atoms with Crippen LogP contribution in [0.25, 0.3) is 10.8 Å². The molecule has 23 heavy (non-hydrogen) atoms. The number of fused-ring (bicyclic) bond motifs is 1.